The van der Waals surface area contributed by atoms with Crippen LogP contribution in [0.4, 0.5) is 0 Å². The number of aliphatic hydroxyl groups excluding tert-OH is 1. The third-order valence-corrected chi connectivity index (χ3v) is 3.81. The average Bonchev–Trinajstić information content (AvgIpc) is 2.47. The van der Waals surface area contributed by atoms with E-state index in [2.05, 4.69) is 0 Å². The summed E-state index contributed by atoms with van der Waals surface area (Å²) in [4.78, 5) is 11.3. The standard InChI is InChI=1S/C15H19ClO5/c1-2-3-4-10(15(18)19)13(17)9-7-11(16)14-12(8-9)20-5-6-21-14/h7-8,10,13,17H,2-6H2,1H3,(H,18,19). The lowest BCUT2D eigenvalue weighted by Crippen LogP contribution is -2.22. The first kappa shape index (κ1) is 15.9. The summed E-state index contributed by atoms with van der Waals surface area (Å²) < 4.78 is 10.9. The van der Waals surface area contributed by atoms with Crippen molar-refractivity contribution in [2.75, 3.05) is 13.2 Å². The summed E-state index contributed by atoms with van der Waals surface area (Å²) in [6, 6.07) is 3.15. The average molecular weight is 315 g/mol. The van der Waals surface area contributed by atoms with Crippen molar-refractivity contribution in [3.63, 3.8) is 0 Å². The van der Waals surface area contributed by atoms with Crippen LogP contribution in [0.1, 0.15) is 37.9 Å². The molecule has 21 heavy (non-hydrogen) atoms. The first-order valence-corrected chi connectivity index (χ1v) is 7.42. The van der Waals surface area contributed by atoms with Gasteiger partial charge >= 0.3 is 5.97 Å². The van der Waals surface area contributed by atoms with Gasteiger partial charge in [-0.3, -0.25) is 4.79 Å². The number of unbranched alkanes of at least 4 members (excludes halogenated alkanes) is 1. The van der Waals surface area contributed by atoms with E-state index < -0.39 is 18.0 Å². The van der Waals surface area contributed by atoms with Crippen molar-refractivity contribution in [2.24, 2.45) is 5.92 Å². The van der Waals surface area contributed by atoms with Gasteiger partial charge in [0.05, 0.1) is 17.0 Å². The Kier molecular flexibility index (Phi) is 5.31. The van der Waals surface area contributed by atoms with Crippen molar-refractivity contribution in [1.82, 2.24) is 0 Å². The predicted octanol–water partition coefficient (Wildman–Crippen LogP) is 3.04. The molecule has 1 heterocycles. The Morgan fingerprint density at radius 1 is 1.38 bits per heavy atom. The molecule has 0 amide bonds. The summed E-state index contributed by atoms with van der Waals surface area (Å²) in [7, 11) is 0. The number of carboxylic acid groups (broad SMARTS) is 1. The number of carbonyl (C=O) groups is 1. The van der Waals surface area contributed by atoms with Gasteiger partial charge in [0.15, 0.2) is 11.5 Å². The number of aliphatic hydroxyl groups is 1. The molecule has 0 bridgehead atoms. The SMILES string of the molecule is CCCCC(C(=O)O)C(O)c1cc(Cl)c2c(c1)OCCO2. The van der Waals surface area contributed by atoms with E-state index in [4.69, 9.17) is 21.1 Å². The van der Waals surface area contributed by atoms with Crippen LogP contribution in [0.2, 0.25) is 5.02 Å². The molecule has 0 saturated heterocycles. The van der Waals surface area contributed by atoms with Crippen LogP contribution >= 0.6 is 11.6 Å². The molecule has 0 spiro atoms. The molecule has 0 fully saturated rings. The number of benzene rings is 1. The van der Waals surface area contributed by atoms with Gasteiger partial charge in [0, 0.05) is 0 Å². The van der Waals surface area contributed by atoms with Crippen LogP contribution in [0, 0.1) is 5.92 Å². The van der Waals surface area contributed by atoms with Crippen LogP contribution in [-0.2, 0) is 4.79 Å². The van der Waals surface area contributed by atoms with Crippen molar-refractivity contribution in [3.8, 4) is 11.5 Å². The predicted molar refractivity (Wildman–Crippen MR) is 78.1 cm³/mol. The summed E-state index contributed by atoms with van der Waals surface area (Å²) in [5.41, 5.74) is 0.438. The molecule has 1 aliphatic heterocycles. The maximum Gasteiger partial charge on any atom is 0.309 e. The molecule has 1 aromatic rings. The quantitative estimate of drug-likeness (QED) is 0.844. The molecule has 0 aromatic heterocycles. The van der Waals surface area contributed by atoms with Gasteiger partial charge < -0.3 is 19.7 Å². The van der Waals surface area contributed by atoms with E-state index in [-0.39, 0.29) is 0 Å². The smallest absolute Gasteiger partial charge is 0.309 e. The zero-order valence-electron chi connectivity index (χ0n) is 11.8. The normalized spacial score (nSPS) is 16.3. The van der Waals surface area contributed by atoms with Gasteiger partial charge in [0.25, 0.3) is 0 Å². The Hall–Kier alpha value is -1.46. The monoisotopic (exact) mass is 314 g/mol. The maximum absolute atomic E-state index is 11.3. The number of rotatable bonds is 6. The molecule has 6 heteroatoms. The molecule has 2 rings (SSSR count). The highest BCUT2D eigenvalue weighted by molar-refractivity contribution is 6.32. The first-order chi connectivity index (χ1) is 10.0. The molecular formula is C15H19ClO5. The van der Waals surface area contributed by atoms with Crippen LogP contribution in [-0.4, -0.2) is 29.4 Å². The van der Waals surface area contributed by atoms with Gasteiger partial charge in [0.2, 0.25) is 0 Å². The van der Waals surface area contributed by atoms with E-state index >= 15 is 0 Å². The summed E-state index contributed by atoms with van der Waals surface area (Å²) in [6.45, 7) is 2.80. The summed E-state index contributed by atoms with van der Waals surface area (Å²) in [6.07, 6.45) is 0.909. The molecule has 0 aliphatic carbocycles. The summed E-state index contributed by atoms with van der Waals surface area (Å²) in [5.74, 6) is -0.979. The third-order valence-electron chi connectivity index (χ3n) is 3.53. The minimum Gasteiger partial charge on any atom is -0.486 e. The molecule has 2 unspecified atom stereocenters. The molecule has 0 saturated carbocycles. The Bertz CT molecular complexity index is 517. The van der Waals surface area contributed by atoms with Gasteiger partial charge in [-0.1, -0.05) is 31.4 Å². The lowest BCUT2D eigenvalue weighted by Gasteiger charge is -2.24. The number of hydrogen-bond donors (Lipinski definition) is 2. The fourth-order valence-electron chi connectivity index (χ4n) is 2.37. The van der Waals surface area contributed by atoms with E-state index in [0.29, 0.717) is 41.7 Å². The number of carboxylic acids is 1. The van der Waals surface area contributed by atoms with E-state index in [1.165, 1.54) is 0 Å². The van der Waals surface area contributed by atoms with E-state index in [0.717, 1.165) is 12.8 Å². The number of fused-ring (bicyclic) bond motifs is 1. The van der Waals surface area contributed by atoms with Crippen LogP contribution in [0.3, 0.4) is 0 Å². The van der Waals surface area contributed by atoms with Crippen LogP contribution in [0.15, 0.2) is 12.1 Å². The molecule has 1 aliphatic rings. The highest BCUT2D eigenvalue weighted by atomic mass is 35.5. The van der Waals surface area contributed by atoms with Crippen molar-refractivity contribution in [1.29, 1.82) is 0 Å². The second kappa shape index (κ2) is 7.00. The van der Waals surface area contributed by atoms with E-state index in [9.17, 15) is 15.0 Å². The fraction of sp³-hybridized carbons (Fsp3) is 0.533. The Balaban J connectivity index is 2.27. The fourth-order valence-corrected chi connectivity index (χ4v) is 2.65. The van der Waals surface area contributed by atoms with Crippen LogP contribution < -0.4 is 9.47 Å². The van der Waals surface area contributed by atoms with E-state index in [1.54, 1.807) is 12.1 Å². The minimum atomic E-state index is -1.12. The topological polar surface area (TPSA) is 76.0 Å². The van der Waals surface area contributed by atoms with Gasteiger partial charge in [-0.05, 0) is 24.1 Å². The highest BCUT2D eigenvalue weighted by Crippen LogP contribution is 2.41. The maximum atomic E-state index is 11.3. The van der Waals surface area contributed by atoms with Crippen LogP contribution in [0.5, 0.6) is 11.5 Å². The first-order valence-electron chi connectivity index (χ1n) is 7.04. The third kappa shape index (κ3) is 3.60. The zero-order valence-corrected chi connectivity index (χ0v) is 12.6. The second-order valence-corrected chi connectivity index (χ2v) is 5.47. The Morgan fingerprint density at radius 3 is 2.76 bits per heavy atom. The minimum absolute atomic E-state index is 0.320. The Morgan fingerprint density at radius 2 is 2.10 bits per heavy atom. The molecular weight excluding hydrogens is 296 g/mol. The number of aliphatic carboxylic acids is 1. The highest BCUT2D eigenvalue weighted by Gasteiger charge is 2.29. The van der Waals surface area contributed by atoms with Gasteiger partial charge in [-0.15, -0.1) is 0 Å². The largest absolute Gasteiger partial charge is 0.486 e. The molecule has 2 atom stereocenters. The molecule has 116 valence electrons. The summed E-state index contributed by atoms with van der Waals surface area (Å²) in [5, 5.41) is 20.0. The van der Waals surface area contributed by atoms with Gasteiger partial charge in [-0.25, -0.2) is 0 Å². The van der Waals surface area contributed by atoms with Gasteiger partial charge in [0.1, 0.15) is 13.2 Å². The second-order valence-electron chi connectivity index (χ2n) is 5.06. The Labute approximate surface area is 128 Å². The van der Waals surface area contributed by atoms with Crippen molar-refractivity contribution < 1.29 is 24.5 Å². The van der Waals surface area contributed by atoms with Crippen LogP contribution in [0.25, 0.3) is 0 Å². The lowest BCUT2D eigenvalue weighted by atomic mass is 9.91. The lowest BCUT2D eigenvalue weighted by molar-refractivity contribution is -0.146. The van der Waals surface area contributed by atoms with Gasteiger partial charge in [-0.2, -0.15) is 0 Å². The molecule has 0 radical (unpaired) electrons. The zero-order chi connectivity index (χ0) is 15.4. The molecule has 2 N–H and O–H groups in total. The van der Waals surface area contributed by atoms with E-state index in [1.807, 2.05) is 6.92 Å². The van der Waals surface area contributed by atoms with Crippen molar-refractivity contribution in [2.45, 2.75) is 32.3 Å². The number of hydrogen-bond acceptors (Lipinski definition) is 4. The van der Waals surface area contributed by atoms with Crippen molar-refractivity contribution >= 4 is 17.6 Å². The molecule has 1 aromatic carbocycles. The van der Waals surface area contributed by atoms with Crippen molar-refractivity contribution in [3.05, 3.63) is 22.7 Å². The summed E-state index contributed by atoms with van der Waals surface area (Å²) >= 11 is 6.12. The number of halogens is 1. The molecule has 5 nitrogen and oxygen atoms in total. The number of ether oxygens (including phenoxy) is 2.